The van der Waals surface area contributed by atoms with Crippen LogP contribution in [0.2, 0.25) is 0 Å². The molecule has 0 fully saturated rings. The zero-order valence-corrected chi connectivity index (χ0v) is 17.7. The highest BCUT2D eigenvalue weighted by molar-refractivity contribution is 7.99. The Morgan fingerprint density at radius 1 is 0.885 bits per heavy atom. The molecular formula is C20H23ClO3S2. The molecule has 0 heterocycles. The Bertz CT molecular complexity index is 710. The lowest BCUT2D eigenvalue weighted by atomic mass is 10.1. The number of carbonyl (C=O) groups excluding carboxylic acids is 1. The number of carboxylic acid groups (broad SMARTS) is 1. The molecule has 0 bridgehead atoms. The maximum Gasteiger partial charge on any atom is 0.336 e. The van der Waals surface area contributed by atoms with Crippen LogP contribution in [0.3, 0.4) is 0 Å². The van der Waals surface area contributed by atoms with Gasteiger partial charge in [-0.2, -0.15) is 0 Å². The first-order valence-corrected chi connectivity index (χ1v) is 10.5. The van der Waals surface area contributed by atoms with Crippen molar-refractivity contribution in [1.29, 1.82) is 0 Å². The zero-order chi connectivity index (χ0) is 19.7. The van der Waals surface area contributed by atoms with E-state index in [1.165, 1.54) is 0 Å². The third-order valence-electron chi connectivity index (χ3n) is 3.32. The van der Waals surface area contributed by atoms with Gasteiger partial charge in [0.05, 0.1) is 5.56 Å². The first-order valence-electron chi connectivity index (χ1n) is 8.20. The lowest BCUT2D eigenvalue weighted by Gasteiger charge is -2.04. The largest absolute Gasteiger partial charge is 0.478 e. The summed E-state index contributed by atoms with van der Waals surface area (Å²) in [5.74, 6) is 0.987. The molecule has 0 atom stereocenters. The highest BCUT2D eigenvalue weighted by atomic mass is 35.5. The highest BCUT2D eigenvalue weighted by Gasteiger charge is 2.09. The molecule has 0 unspecified atom stereocenters. The second-order valence-corrected chi connectivity index (χ2v) is 8.40. The van der Waals surface area contributed by atoms with Crippen LogP contribution in [0.5, 0.6) is 0 Å². The number of aromatic carboxylic acids is 1. The van der Waals surface area contributed by atoms with Gasteiger partial charge in [-0.3, -0.25) is 4.79 Å². The fourth-order valence-corrected chi connectivity index (χ4v) is 4.16. The summed E-state index contributed by atoms with van der Waals surface area (Å²) in [6, 6.07) is 11.1. The zero-order valence-electron chi connectivity index (χ0n) is 15.3. The lowest BCUT2D eigenvalue weighted by Crippen LogP contribution is -1.98. The van der Waals surface area contributed by atoms with Crippen LogP contribution in [0.15, 0.2) is 46.2 Å². The topological polar surface area (TPSA) is 54.4 Å². The molecule has 6 heteroatoms. The van der Waals surface area contributed by atoms with Crippen LogP contribution < -0.4 is 0 Å². The van der Waals surface area contributed by atoms with Crippen molar-refractivity contribution in [1.82, 2.24) is 0 Å². The number of carbonyl (C=O) groups is 2. The second-order valence-electron chi connectivity index (χ2n) is 5.44. The normalized spacial score (nSPS) is 10.0. The van der Waals surface area contributed by atoms with E-state index in [1.54, 1.807) is 35.7 Å². The van der Waals surface area contributed by atoms with Gasteiger partial charge in [-0.1, -0.05) is 26.0 Å². The van der Waals surface area contributed by atoms with Crippen LogP contribution in [0.1, 0.15) is 45.7 Å². The van der Waals surface area contributed by atoms with Crippen molar-refractivity contribution in [2.75, 3.05) is 11.5 Å². The van der Waals surface area contributed by atoms with Crippen molar-refractivity contribution in [2.24, 2.45) is 0 Å². The summed E-state index contributed by atoms with van der Waals surface area (Å²) >= 11 is 8.65. The monoisotopic (exact) mass is 410 g/mol. The predicted molar refractivity (Wildman–Crippen MR) is 112 cm³/mol. The summed E-state index contributed by atoms with van der Waals surface area (Å²) in [6.45, 7) is 8.03. The standard InChI is InChI=1S/C10H11ClOS.C10H12O2S/c2*1-3-13-9-6-7(2)4-5-8(9)10(11)12/h4-6H,3H2,1-2H3;4-6H,3H2,1-2H3,(H,11,12). The highest BCUT2D eigenvalue weighted by Crippen LogP contribution is 2.25. The molecule has 0 saturated heterocycles. The molecule has 0 amide bonds. The molecule has 0 spiro atoms. The van der Waals surface area contributed by atoms with E-state index in [-0.39, 0.29) is 5.24 Å². The molecule has 2 aromatic rings. The average molecular weight is 411 g/mol. The third-order valence-corrected chi connectivity index (χ3v) is 5.39. The van der Waals surface area contributed by atoms with Crippen LogP contribution >= 0.6 is 35.1 Å². The van der Waals surface area contributed by atoms with Gasteiger partial charge in [0, 0.05) is 15.4 Å². The van der Waals surface area contributed by atoms with E-state index in [1.807, 2.05) is 45.0 Å². The second kappa shape index (κ2) is 11.3. The number of carboxylic acids is 1. The first kappa shape index (κ1) is 22.6. The van der Waals surface area contributed by atoms with Gasteiger partial charge < -0.3 is 5.11 Å². The molecule has 26 heavy (non-hydrogen) atoms. The van der Waals surface area contributed by atoms with Gasteiger partial charge in [0.2, 0.25) is 0 Å². The van der Waals surface area contributed by atoms with Crippen LogP contribution in [-0.2, 0) is 0 Å². The van der Waals surface area contributed by atoms with E-state index >= 15 is 0 Å². The van der Waals surface area contributed by atoms with E-state index in [0.717, 1.165) is 32.4 Å². The minimum Gasteiger partial charge on any atom is -0.478 e. The Hall–Kier alpha value is -1.43. The van der Waals surface area contributed by atoms with Crippen LogP contribution in [-0.4, -0.2) is 27.8 Å². The van der Waals surface area contributed by atoms with Gasteiger partial charge in [0.25, 0.3) is 5.24 Å². The van der Waals surface area contributed by atoms with E-state index in [4.69, 9.17) is 16.7 Å². The van der Waals surface area contributed by atoms with Gasteiger partial charge in [-0.25, -0.2) is 4.79 Å². The minimum absolute atomic E-state index is 0.379. The maximum absolute atomic E-state index is 11.0. The summed E-state index contributed by atoms with van der Waals surface area (Å²) in [4.78, 5) is 23.6. The predicted octanol–water partition coefficient (Wildman–Crippen LogP) is 6.29. The number of thioether (sulfide) groups is 2. The quantitative estimate of drug-likeness (QED) is 0.447. The number of hydrogen-bond acceptors (Lipinski definition) is 4. The number of hydrogen-bond donors (Lipinski definition) is 1. The molecular weight excluding hydrogens is 388 g/mol. The molecule has 0 aliphatic carbocycles. The molecule has 2 aromatic carbocycles. The number of benzene rings is 2. The summed E-state index contributed by atoms with van der Waals surface area (Å²) in [5.41, 5.74) is 3.26. The average Bonchev–Trinajstić information content (AvgIpc) is 2.55. The van der Waals surface area contributed by atoms with Gasteiger partial charge in [-0.05, 0) is 72.3 Å². The van der Waals surface area contributed by atoms with E-state index < -0.39 is 5.97 Å². The van der Waals surface area contributed by atoms with Crippen molar-refractivity contribution >= 4 is 46.3 Å². The third kappa shape index (κ3) is 7.06. The summed E-state index contributed by atoms with van der Waals surface area (Å²) in [6.07, 6.45) is 0. The summed E-state index contributed by atoms with van der Waals surface area (Å²) < 4.78 is 0. The van der Waals surface area contributed by atoms with Gasteiger partial charge in [0.15, 0.2) is 0 Å². The Kier molecular flexibility index (Phi) is 9.84. The molecule has 0 aromatic heterocycles. The van der Waals surface area contributed by atoms with Crippen molar-refractivity contribution in [3.8, 4) is 0 Å². The molecule has 0 saturated carbocycles. The van der Waals surface area contributed by atoms with Crippen molar-refractivity contribution < 1.29 is 14.7 Å². The fourth-order valence-electron chi connectivity index (χ4n) is 2.15. The van der Waals surface area contributed by atoms with E-state index in [2.05, 4.69) is 6.92 Å². The number of halogens is 1. The van der Waals surface area contributed by atoms with Crippen LogP contribution in [0, 0.1) is 13.8 Å². The Morgan fingerprint density at radius 3 is 1.69 bits per heavy atom. The SMILES string of the molecule is CCSc1cc(C)ccc1C(=O)Cl.CCSc1cc(C)ccc1C(=O)O. The van der Waals surface area contributed by atoms with E-state index in [0.29, 0.717) is 11.1 Å². The number of rotatable bonds is 6. The van der Waals surface area contributed by atoms with Crippen LogP contribution in [0.4, 0.5) is 0 Å². The molecule has 140 valence electrons. The van der Waals surface area contributed by atoms with Gasteiger partial charge in [-0.15, -0.1) is 23.5 Å². The molecule has 1 N–H and O–H groups in total. The Labute approximate surface area is 168 Å². The first-order chi connectivity index (χ1) is 12.3. The Morgan fingerprint density at radius 2 is 1.31 bits per heavy atom. The summed E-state index contributed by atoms with van der Waals surface area (Å²) in [7, 11) is 0. The molecule has 0 aliphatic rings. The van der Waals surface area contributed by atoms with E-state index in [9.17, 15) is 9.59 Å². The molecule has 2 rings (SSSR count). The molecule has 0 radical (unpaired) electrons. The maximum atomic E-state index is 11.0. The van der Waals surface area contributed by atoms with Crippen LogP contribution in [0.25, 0.3) is 0 Å². The van der Waals surface area contributed by atoms with Crippen molar-refractivity contribution in [2.45, 2.75) is 37.5 Å². The van der Waals surface area contributed by atoms with Crippen molar-refractivity contribution in [3.05, 3.63) is 58.7 Å². The van der Waals surface area contributed by atoms with Gasteiger partial charge in [0.1, 0.15) is 0 Å². The molecule has 3 nitrogen and oxygen atoms in total. The van der Waals surface area contributed by atoms with Gasteiger partial charge >= 0.3 is 5.97 Å². The van der Waals surface area contributed by atoms with Crippen molar-refractivity contribution in [3.63, 3.8) is 0 Å². The fraction of sp³-hybridized carbons (Fsp3) is 0.300. The lowest BCUT2D eigenvalue weighted by molar-refractivity contribution is 0.0693. The molecule has 0 aliphatic heterocycles. The smallest absolute Gasteiger partial charge is 0.336 e. The number of aryl methyl sites for hydroxylation is 2. The summed E-state index contributed by atoms with van der Waals surface area (Å²) in [5, 5.41) is 8.49. The Balaban J connectivity index is 0.000000260. The minimum atomic E-state index is -0.851.